The topological polar surface area (TPSA) is 32.3 Å². The highest BCUT2D eigenvalue weighted by Gasteiger charge is 2.15. The van der Waals surface area contributed by atoms with Crippen LogP contribution in [0.1, 0.15) is 38.8 Å². The minimum Gasteiger partial charge on any atom is -0.338 e. The van der Waals surface area contributed by atoms with Crippen LogP contribution in [0.25, 0.3) is 0 Å². The molecule has 0 saturated carbocycles. The lowest BCUT2D eigenvalue weighted by molar-refractivity contribution is 0.183. The fraction of sp³-hybridized carbons (Fsp3) is 0.611. The number of benzene rings is 1. The van der Waals surface area contributed by atoms with E-state index >= 15 is 0 Å². The first kappa shape index (κ1) is 17.5. The van der Waals surface area contributed by atoms with Crippen molar-refractivity contribution < 1.29 is 4.79 Å². The maximum Gasteiger partial charge on any atom is 0.317 e. The average molecular weight is 290 g/mol. The van der Waals surface area contributed by atoms with Gasteiger partial charge in [-0.3, -0.25) is 0 Å². The normalized spacial score (nSPS) is 11.0. The van der Waals surface area contributed by atoms with E-state index in [1.165, 1.54) is 11.1 Å². The fourth-order valence-electron chi connectivity index (χ4n) is 2.43. The van der Waals surface area contributed by atoms with Gasteiger partial charge in [-0.05, 0) is 36.3 Å². The van der Waals surface area contributed by atoms with Crippen LogP contribution in [0.5, 0.6) is 0 Å². The number of aryl methyl sites for hydroxylation is 1. The monoisotopic (exact) mass is 290 g/mol. The molecule has 1 aromatic carbocycles. The van der Waals surface area contributed by atoms with Gasteiger partial charge in [0.25, 0.3) is 0 Å². The molecule has 0 fully saturated rings. The van der Waals surface area contributed by atoms with Gasteiger partial charge in [0.15, 0.2) is 0 Å². The molecule has 3 nitrogen and oxygen atoms in total. The molecular weight excluding hydrogens is 260 g/mol. The summed E-state index contributed by atoms with van der Waals surface area (Å²) in [5, 5.41) is 3.06. The van der Waals surface area contributed by atoms with Crippen LogP contribution in [0, 0.1) is 18.8 Å². The third kappa shape index (κ3) is 6.65. The molecule has 0 unspecified atom stereocenters. The molecule has 1 aromatic rings. The van der Waals surface area contributed by atoms with E-state index in [-0.39, 0.29) is 6.03 Å². The Kier molecular flexibility index (Phi) is 7.27. The van der Waals surface area contributed by atoms with Gasteiger partial charge in [0.05, 0.1) is 0 Å². The quantitative estimate of drug-likeness (QED) is 0.812. The molecule has 2 amide bonds. The molecule has 21 heavy (non-hydrogen) atoms. The third-order valence-corrected chi connectivity index (χ3v) is 3.39. The van der Waals surface area contributed by atoms with Crippen LogP contribution in [-0.2, 0) is 6.42 Å². The Balaban J connectivity index is 2.48. The molecule has 0 bridgehead atoms. The molecule has 0 spiro atoms. The van der Waals surface area contributed by atoms with Crippen molar-refractivity contribution in [2.75, 3.05) is 19.6 Å². The van der Waals surface area contributed by atoms with Crippen molar-refractivity contribution >= 4 is 6.03 Å². The second-order valence-corrected chi connectivity index (χ2v) is 6.60. The summed E-state index contributed by atoms with van der Waals surface area (Å²) >= 11 is 0. The highest BCUT2D eigenvalue weighted by molar-refractivity contribution is 5.74. The number of hydrogen-bond donors (Lipinski definition) is 1. The lowest BCUT2D eigenvalue weighted by Gasteiger charge is -2.26. The van der Waals surface area contributed by atoms with Gasteiger partial charge >= 0.3 is 6.03 Å². The molecule has 0 aliphatic heterocycles. The Hall–Kier alpha value is -1.51. The SMILES string of the molecule is Cc1ccccc1CCNC(=O)N(CC(C)C)CC(C)C. The fourth-order valence-corrected chi connectivity index (χ4v) is 2.43. The van der Waals surface area contributed by atoms with Crippen LogP contribution in [0.4, 0.5) is 4.79 Å². The van der Waals surface area contributed by atoms with Crippen molar-refractivity contribution in [3.63, 3.8) is 0 Å². The molecule has 1 rings (SSSR count). The molecule has 0 radical (unpaired) electrons. The van der Waals surface area contributed by atoms with E-state index in [0.717, 1.165) is 19.5 Å². The van der Waals surface area contributed by atoms with Crippen LogP contribution in [0.2, 0.25) is 0 Å². The number of nitrogens with zero attached hydrogens (tertiary/aromatic N) is 1. The van der Waals surface area contributed by atoms with Gasteiger partial charge in [-0.15, -0.1) is 0 Å². The second kappa shape index (κ2) is 8.71. The summed E-state index contributed by atoms with van der Waals surface area (Å²) in [4.78, 5) is 14.2. The lowest BCUT2D eigenvalue weighted by Crippen LogP contribution is -2.44. The Morgan fingerprint density at radius 2 is 1.67 bits per heavy atom. The number of carbonyl (C=O) groups excluding carboxylic acids is 1. The Labute approximate surface area is 129 Å². The summed E-state index contributed by atoms with van der Waals surface area (Å²) in [5.41, 5.74) is 2.59. The molecule has 0 aliphatic rings. The molecule has 0 heterocycles. The van der Waals surface area contributed by atoms with E-state index in [1.807, 2.05) is 17.0 Å². The first-order chi connectivity index (χ1) is 9.90. The molecule has 3 heteroatoms. The number of amides is 2. The third-order valence-electron chi connectivity index (χ3n) is 3.39. The van der Waals surface area contributed by atoms with Crippen LogP contribution < -0.4 is 5.32 Å². The Bertz CT molecular complexity index is 431. The standard InChI is InChI=1S/C18H30N2O/c1-14(2)12-20(13-15(3)4)18(21)19-11-10-17-9-7-6-8-16(17)5/h6-9,14-15H,10-13H2,1-5H3,(H,19,21). The first-order valence-electron chi connectivity index (χ1n) is 7.97. The molecule has 1 N–H and O–H groups in total. The van der Waals surface area contributed by atoms with Crippen molar-refractivity contribution in [2.45, 2.75) is 41.0 Å². The predicted molar refractivity (Wildman–Crippen MR) is 89.5 cm³/mol. The molecule has 118 valence electrons. The lowest BCUT2D eigenvalue weighted by atomic mass is 10.1. The van der Waals surface area contributed by atoms with E-state index in [1.54, 1.807) is 0 Å². The van der Waals surface area contributed by atoms with E-state index in [0.29, 0.717) is 18.4 Å². The summed E-state index contributed by atoms with van der Waals surface area (Å²) in [6.45, 7) is 13.0. The summed E-state index contributed by atoms with van der Waals surface area (Å²) < 4.78 is 0. The second-order valence-electron chi connectivity index (χ2n) is 6.60. The average Bonchev–Trinajstić information content (AvgIpc) is 2.39. The van der Waals surface area contributed by atoms with Crippen LogP contribution in [0.15, 0.2) is 24.3 Å². The van der Waals surface area contributed by atoms with Crippen molar-refractivity contribution in [3.8, 4) is 0 Å². The van der Waals surface area contributed by atoms with Crippen LogP contribution in [-0.4, -0.2) is 30.6 Å². The van der Waals surface area contributed by atoms with E-state index < -0.39 is 0 Å². The van der Waals surface area contributed by atoms with Gasteiger partial charge in [-0.2, -0.15) is 0 Å². The maximum absolute atomic E-state index is 12.3. The summed E-state index contributed by atoms with van der Waals surface area (Å²) in [6, 6.07) is 8.40. The van der Waals surface area contributed by atoms with E-state index in [9.17, 15) is 4.79 Å². The number of nitrogens with one attached hydrogen (secondary N) is 1. The number of rotatable bonds is 7. The van der Waals surface area contributed by atoms with Gasteiger partial charge < -0.3 is 10.2 Å². The summed E-state index contributed by atoms with van der Waals surface area (Å²) in [5.74, 6) is 0.983. The van der Waals surface area contributed by atoms with Crippen molar-refractivity contribution in [1.82, 2.24) is 10.2 Å². The van der Waals surface area contributed by atoms with Crippen LogP contribution >= 0.6 is 0 Å². The van der Waals surface area contributed by atoms with Crippen molar-refractivity contribution in [3.05, 3.63) is 35.4 Å². The summed E-state index contributed by atoms with van der Waals surface area (Å²) in [7, 11) is 0. The number of urea groups is 1. The van der Waals surface area contributed by atoms with Gasteiger partial charge in [0, 0.05) is 19.6 Å². The molecule has 0 aromatic heterocycles. The van der Waals surface area contributed by atoms with E-state index in [2.05, 4.69) is 52.1 Å². The highest BCUT2D eigenvalue weighted by Crippen LogP contribution is 2.07. The first-order valence-corrected chi connectivity index (χ1v) is 7.97. The maximum atomic E-state index is 12.3. The number of hydrogen-bond acceptors (Lipinski definition) is 1. The van der Waals surface area contributed by atoms with Gasteiger partial charge in [0.2, 0.25) is 0 Å². The highest BCUT2D eigenvalue weighted by atomic mass is 16.2. The smallest absolute Gasteiger partial charge is 0.317 e. The van der Waals surface area contributed by atoms with Crippen molar-refractivity contribution in [2.24, 2.45) is 11.8 Å². The zero-order valence-corrected chi connectivity index (χ0v) is 14.1. The van der Waals surface area contributed by atoms with Crippen molar-refractivity contribution in [1.29, 1.82) is 0 Å². The Morgan fingerprint density at radius 3 is 2.19 bits per heavy atom. The Morgan fingerprint density at radius 1 is 1.10 bits per heavy atom. The van der Waals surface area contributed by atoms with Crippen LogP contribution in [0.3, 0.4) is 0 Å². The molecule has 0 saturated heterocycles. The molecule has 0 aliphatic carbocycles. The zero-order valence-electron chi connectivity index (χ0n) is 14.1. The largest absolute Gasteiger partial charge is 0.338 e. The van der Waals surface area contributed by atoms with Gasteiger partial charge in [-0.1, -0.05) is 52.0 Å². The minimum absolute atomic E-state index is 0.0611. The van der Waals surface area contributed by atoms with Gasteiger partial charge in [0.1, 0.15) is 0 Å². The summed E-state index contributed by atoms with van der Waals surface area (Å²) in [6.07, 6.45) is 0.885. The number of carbonyl (C=O) groups is 1. The predicted octanol–water partition coefficient (Wildman–Crippen LogP) is 3.86. The molecular formula is C18H30N2O. The minimum atomic E-state index is 0.0611. The van der Waals surface area contributed by atoms with E-state index in [4.69, 9.17) is 0 Å². The zero-order chi connectivity index (χ0) is 15.8. The van der Waals surface area contributed by atoms with Gasteiger partial charge in [-0.25, -0.2) is 4.79 Å². The molecule has 0 atom stereocenters.